The molecule has 0 aliphatic heterocycles. The van der Waals surface area contributed by atoms with Crippen LogP contribution in [-0.2, 0) is 0 Å². The first-order valence-electron chi connectivity index (χ1n) is 9.59. The highest BCUT2D eigenvalue weighted by Gasteiger charge is 2.19. The number of carbonyl (C=O) groups is 1. The number of hydrogen-bond donors (Lipinski definition) is 1. The van der Waals surface area contributed by atoms with Crippen molar-refractivity contribution in [3.8, 4) is 17.2 Å². The third-order valence-electron chi connectivity index (χ3n) is 4.70. The van der Waals surface area contributed by atoms with Crippen molar-refractivity contribution in [1.82, 2.24) is 0 Å². The number of hydrogen-bond acceptors (Lipinski definition) is 6. The normalized spacial score (nSPS) is 10.6. The minimum atomic E-state index is -0.500. The van der Waals surface area contributed by atoms with E-state index in [0.29, 0.717) is 28.3 Å². The lowest BCUT2D eigenvalue weighted by molar-refractivity contribution is -0.384. The first-order valence-corrected chi connectivity index (χ1v) is 9.59. The molecule has 0 radical (unpaired) electrons. The molecule has 3 aromatic carbocycles. The molecule has 0 saturated heterocycles. The SMILES string of the molecule is COc1ccc(/C=C/c2cc(OC)cc(OC)c2C(=O)Nc2ccc([N+](=O)[O-])cc2)cc1. The minimum absolute atomic E-state index is 0.0619. The molecule has 3 aromatic rings. The summed E-state index contributed by atoms with van der Waals surface area (Å²) in [5, 5.41) is 13.6. The Labute approximate surface area is 185 Å². The molecule has 0 aromatic heterocycles. The van der Waals surface area contributed by atoms with Gasteiger partial charge in [0.1, 0.15) is 17.2 Å². The zero-order valence-corrected chi connectivity index (χ0v) is 17.8. The predicted molar refractivity (Wildman–Crippen MR) is 123 cm³/mol. The molecule has 0 saturated carbocycles. The second kappa shape index (κ2) is 10.1. The molecule has 0 spiro atoms. The van der Waals surface area contributed by atoms with Crippen LogP contribution >= 0.6 is 0 Å². The van der Waals surface area contributed by atoms with E-state index in [9.17, 15) is 14.9 Å². The number of carbonyl (C=O) groups excluding carboxylic acids is 1. The number of nitrogens with zero attached hydrogens (tertiary/aromatic N) is 1. The Morgan fingerprint density at radius 3 is 2.09 bits per heavy atom. The molecule has 8 nitrogen and oxygen atoms in total. The number of rotatable bonds is 8. The fraction of sp³-hybridized carbons (Fsp3) is 0.125. The Hall–Kier alpha value is -4.33. The Kier molecular flexibility index (Phi) is 7.07. The first kappa shape index (κ1) is 22.4. The quantitative estimate of drug-likeness (QED) is 0.303. The molecular weight excluding hydrogens is 412 g/mol. The molecular formula is C24H22N2O6. The molecule has 1 N–H and O–H groups in total. The second-order valence-corrected chi connectivity index (χ2v) is 6.66. The van der Waals surface area contributed by atoms with Crippen LogP contribution in [0.3, 0.4) is 0 Å². The first-order chi connectivity index (χ1) is 15.4. The van der Waals surface area contributed by atoms with Gasteiger partial charge in [-0.05, 0) is 41.5 Å². The number of benzene rings is 3. The van der Waals surface area contributed by atoms with E-state index in [4.69, 9.17) is 14.2 Å². The molecule has 0 aliphatic rings. The van der Waals surface area contributed by atoms with Gasteiger partial charge in [-0.3, -0.25) is 14.9 Å². The van der Waals surface area contributed by atoms with E-state index in [-0.39, 0.29) is 5.69 Å². The summed E-state index contributed by atoms with van der Waals surface area (Å²) in [6, 6.07) is 16.4. The van der Waals surface area contributed by atoms with Gasteiger partial charge in [0.25, 0.3) is 11.6 Å². The number of amides is 1. The molecule has 0 fully saturated rings. The van der Waals surface area contributed by atoms with Gasteiger partial charge >= 0.3 is 0 Å². The van der Waals surface area contributed by atoms with E-state index in [1.165, 1.54) is 38.5 Å². The van der Waals surface area contributed by atoms with E-state index >= 15 is 0 Å². The van der Waals surface area contributed by atoms with Crippen LogP contribution in [-0.4, -0.2) is 32.2 Å². The summed E-state index contributed by atoms with van der Waals surface area (Å²) in [6.07, 6.45) is 3.65. The third-order valence-corrected chi connectivity index (χ3v) is 4.70. The number of nitro groups is 1. The zero-order valence-electron chi connectivity index (χ0n) is 17.8. The summed E-state index contributed by atoms with van der Waals surface area (Å²) >= 11 is 0. The number of nitrogens with one attached hydrogen (secondary N) is 1. The maximum atomic E-state index is 13.1. The highest BCUT2D eigenvalue weighted by molar-refractivity contribution is 6.09. The van der Waals surface area contributed by atoms with Gasteiger partial charge in [-0.1, -0.05) is 24.3 Å². The van der Waals surface area contributed by atoms with Crippen LogP contribution in [0.4, 0.5) is 11.4 Å². The topological polar surface area (TPSA) is 99.9 Å². The largest absolute Gasteiger partial charge is 0.497 e. The molecule has 0 bridgehead atoms. The van der Waals surface area contributed by atoms with Crippen molar-refractivity contribution >= 4 is 29.4 Å². The fourth-order valence-corrected chi connectivity index (χ4v) is 3.03. The Bertz CT molecular complexity index is 1140. The number of methoxy groups -OCH3 is 3. The molecule has 0 unspecified atom stereocenters. The van der Waals surface area contributed by atoms with Gasteiger partial charge in [-0.2, -0.15) is 0 Å². The number of ether oxygens (including phenoxy) is 3. The van der Waals surface area contributed by atoms with E-state index in [1.807, 2.05) is 30.3 Å². The van der Waals surface area contributed by atoms with Crippen LogP contribution in [0.2, 0.25) is 0 Å². The molecule has 3 rings (SSSR count). The summed E-state index contributed by atoms with van der Waals surface area (Å²) in [5.74, 6) is 1.18. The second-order valence-electron chi connectivity index (χ2n) is 6.66. The van der Waals surface area contributed by atoms with E-state index in [1.54, 1.807) is 25.3 Å². The van der Waals surface area contributed by atoms with Gasteiger partial charge in [0, 0.05) is 23.9 Å². The molecule has 1 amide bonds. The van der Waals surface area contributed by atoms with Crippen molar-refractivity contribution in [2.24, 2.45) is 0 Å². The van der Waals surface area contributed by atoms with E-state index in [2.05, 4.69) is 5.32 Å². The lowest BCUT2D eigenvalue weighted by atomic mass is 10.0. The maximum absolute atomic E-state index is 13.1. The number of nitro benzene ring substituents is 1. The van der Waals surface area contributed by atoms with Gasteiger partial charge in [-0.25, -0.2) is 0 Å². The van der Waals surface area contributed by atoms with Crippen LogP contribution in [0.15, 0.2) is 60.7 Å². The van der Waals surface area contributed by atoms with Gasteiger partial charge in [-0.15, -0.1) is 0 Å². The number of anilines is 1. The molecule has 8 heteroatoms. The van der Waals surface area contributed by atoms with Gasteiger partial charge in [0.2, 0.25) is 0 Å². The van der Waals surface area contributed by atoms with E-state index < -0.39 is 10.8 Å². The molecule has 0 atom stereocenters. The zero-order chi connectivity index (χ0) is 23.1. The lowest BCUT2D eigenvalue weighted by Crippen LogP contribution is -2.15. The van der Waals surface area contributed by atoms with Crippen LogP contribution in [0.1, 0.15) is 21.5 Å². The van der Waals surface area contributed by atoms with Crippen LogP contribution < -0.4 is 19.5 Å². The van der Waals surface area contributed by atoms with Crippen LogP contribution in [0.5, 0.6) is 17.2 Å². The average molecular weight is 434 g/mol. The summed E-state index contributed by atoms with van der Waals surface area (Å²) < 4.78 is 16.0. The van der Waals surface area contributed by atoms with Crippen LogP contribution in [0, 0.1) is 10.1 Å². The van der Waals surface area contributed by atoms with Crippen molar-refractivity contribution in [1.29, 1.82) is 0 Å². The maximum Gasteiger partial charge on any atom is 0.269 e. The van der Waals surface area contributed by atoms with E-state index in [0.717, 1.165) is 11.3 Å². The Morgan fingerprint density at radius 2 is 1.53 bits per heavy atom. The van der Waals surface area contributed by atoms with Crippen molar-refractivity contribution < 1.29 is 23.9 Å². The smallest absolute Gasteiger partial charge is 0.269 e. The summed E-state index contributed by atoms with van der Waals surface area (Å²) in [5.41, 5.74) is 2.15. The highest BCUT2D eigenvalue weighted by Crippen LogP contribution is 2.31. The Balaban J connectivity index is 1.96. The predicted octanol–water partition coefficient (Wildman–Crippen LogP) is 5.04. The molecule has 32 heavy (non-hydrogen) atoms. The lowest BCUT2D eigenvalue weighted by Gasteiger charge is -2.14. The summed E-state index contributed by atoms with van der Waals surface area (Å²) in [7, 11) is 4.60. The molecule has 0 heterocycles. The van der Waals surface area contributed by atoms with Gasteiger partial charge in [0.05, 0.1) is 31.8 Å². The van der Waals surface area contributed by atoms with Crippen molar-refractivity contribution in [2.45, 2.75) is 0 Å². The van der Waals surface area contributed by atoms with Crippen molar-refractivity contribution in [2.75, 3.05) is 26.6 Å². The summed E-state index contributed by atoms with van der Waals surface area (Å²) in [4.78, 5) is 23.5. The third kappa shape index (κ3) is 5.23. The van der Waals surface area contributed by atoms with Gasteiger partial charge < -0.3 is 19.5 Å². The van der Waals surface area contributed by atoms with Crippen LogP contribution in [0.25, 0.3) is 12.2 Å². The molecule has 0 aliphatic carbocycles. The summed E-state index contributed by atoms with van der Waals surface area (Å²) in [6.45, 7) is 0. The minimum Gasteiger partial charge on any atom is -0.497 e. The van der Waals surface area contributed by atoms with Crippen molar-refractivity contribution in [3.63, 3.8) is 0 Å². The average Bonchev–Trinajstić information content (AvgIpc) is 2.82. The molecule has 164 valence electrons. The number of non-ortho nitro benzene ring substituents is 1. The monoisotopic (exact) mass is 434 g/mol. The Morgan fingerprint density at radius 1 is 0.875 bits per heavy atom. The van der Waals surface area contributed by atoms with Crippen molar-refractivity contribution in [3.05, 3.63) is 87.5 Å². The standard InChI is InChI=1S/C24H22N2O6/c1-30-20-12-5-16(6-13-20)4-7-17-14-21(31-2)15-22(32-3)23(17)24(27)25-18-8-10-19(11-9-18)26(28)29/h4-15H,1-3H3,(H,25,27)/b7-4+. The fourth-order valence-electron chi connectivity index (χ4n) is 3.03. The van der Waals surface area contributed by atoms with Gasteiger partial charge in [0.15, 0.2) is 0 Å². The highest BCUT2D eigenvalue weighted by atomic mass is 16.6.